The third-order valence-corrected chi connectivity index (χ3v) is 4.90. The van der Waals surface area contributed by atoms with E-state index in [1.54, 1.807) is 0 Å². The number of amides is 1. The monoisotopic (exact) mass is 383 g/mol. The Labute approximate surface area is 163 Å². The molecule has 0 unspecified atom stereocenters. The Bertz CT molecular complexity index is 534. The molecule has 0 radical (unpaired) electrons. The molecular weight excluding hydrogens is 350 g/mol. The summed E-state index contributed by atoms with van der Waals surface area (Å²) < 4.78 is 0. The van der Waals surface area contributed by atoms with Gasteiger partial charge in [0.25, 0.3) is 0 Å². The highest BCUT2D eigenvalue weighted by molar-refractivity contribution is 6.32. The molecule has 1 rings (SSSR count). The molecule has 0 aliphatic heterocycles. The lowest BCUT2D eigenvalue weighted by molar-refractivity contribution is -0.116. The van der Waals surface area contributed by atoms with Gasteiger partial charge in [-0.3, -0.25) is 4.79 Å². The number of hydrogen-bond acceptors (Lipinski definition) is 3. The van der Waals surface area contributed by atoms with E-state index in [2.05, 4.69) is 12.2 Å². The smallest absolute Gasteiger partial charge is 0.224 e. The van der Waals surface area contributed by atoms with Crippen LogP contribution >= 0.6 is 11.6 Å². The van der Waals surface area contributed by atoms with Gasteiger partial charge in [-0.05, 0) is 6.42 Å². The van der Waals surface area contributed by atoms with Crippen molar-refractivity contribution < 1.29 is 15.0 Å². The molecule has 1 aromatic carbocycles. The van der Waals surface area contributed by atoms with Gasteiger partial charge in [0.15, 0.2) is 0 Å². The second kappa shape index (κ2) is 13.7. The Morgan fingerprint density at radius 2 is 1.35 bits per heavy atom. The molecule has 1 aromatic rings. The van der Waals surface area contributed by atoms with Crippen molar-refractivity contribution in [3.63, 3.8) is 0 Å². The van der Waals surface area contributed by atoms with Crippen LogP contribution in [0.3, 0.4) is 0 Å². The number of benzene rings is 1. The fourth-order valence-corrected chi connectivity index (χ4v) is 3.15. The van der Waals surface area contributed by atoms with Gasteiger partial charge in [0.05, 0.1) is 10.7 Å². The van der Waals surface area contributed by atoms with Crippen LogP contribution in [0.15, 0.2) is 12.1 Å². The van der Waals surface area contributed by atoms with Crippen LogP contribution in [-0.2, 0) is 4.79 Å². The summed E-state index contributed by atoms with van der Waals surface area (Å²) in [4.78, 5) is 11.9. The summed E-state index contributed by atoms with van der Waals surface area (Å²) in [5.74, 6) is -0.463. The SMILES string of the molecule is CCCCCCCCCCCCCCC(=O)Nc1cc(O)c(Cl)cc1O. The van der Waals surface area contributed by atoms with Crippen LogP contribution in [0, 0.1) is 0 Å². The minimum atomic E-state index is -0.162. The lowest BCUT2D eigenvalue weighted by atomic mass is 10.0. The summed E-state index contributed by atoms with van der Waals surface area (Å²) in [5.41, 5.74) is 0.191. The first-order valence-electron chi connectivity index (χ1n) is 10.1. The number of halogens is 1. The minimum Gasteiger partial charge on any atom is -0.506 e. The normalized spacial score (nSPS) is 10.8. The number of carbonyl (C=O) groups is 1. The molecule has 0 fully saturated rings. The van der Waals surface area contributed by atoms with E-state index in [-0.39, 0.29) is 28.1 Å². The number of aromatic hydroxyl groups is 2. The molecule has 26 heavy (non-hydrogen) atoms. The van der Waals surface area contributed by atoms with Gasteiger partial charge in [0, 0.05) is 18.6 Å². The zero-order chi connectivity index (χ0) is 19.2. The maximum Gasteiger partial charge on any atom is 0.224 e. The van der Waals surface area contributed by atoms with Gasteiger partial charge in [-0.15, -0.1) is 0 Å². The van der Waals surface area contributed by atoms with Crippen molar-refractivity contribution in [3.8, 4) is 11.5 Å². The zero-order valence-corrected chi connectivity index (χ0v) is 16.8. The lowest BCUT2D eigenvalue weighted by Crippen LogP contribution is -2.11. The van der Waals surface area contributed by atoms with E-state index in [4.69, 9.17) is 11.6 Å². The summed E-state index contributed by atoms with van der Waals surface area (Å²) >= 11 is 5.69. The van der Waals surface area contributed by atoms with Crippen LogP contribution < -0.4 is 5.32 Å². The first kappa shape index (κ1) is 22.6. The molecule has 4 nitrogen and oxygen atoms in total. The summed E-state index contributed by atoms with van der Waals surface area (Å²) in [6.45, 7) is 2.25. The molecule has 3 N–H and O–H groups in total. The number of unbranched alkanes of at least 4 members (excludes halogenated alkanes) is 11. The summed E-state index contributed by atoms with van der Waals surface area (Å²) in [6.07, 6.45) is 15.5. The van der Waals surface area contributed by atoms with Gasteiger partial charge in [-0.2, -0.15) is 0 Å². The highest BCUT2D eigenvalue weighted by atomic mass is 35.5. The standard InChI is InChI=1S/C21H34ClNO3/c1-2-3-4-5-6-7-8-9-10-11-12-13-14-21(26)23-18-16-19(24)17(22)15-20(18)25/h15-16,24-25H,2-14H2,1H3,(H,23,26). The van der Waals surface area contributed by atoms with Gasteiger partial charge in [-0.25, -0.2) is 0 Å². The third kappa shape index (κ3) is 9.91. The minimum absolute atomic E-state index is 0.0569. The van der Waals surface area contributed by atoms with Crippen molar-refractivity contribution in [3.05, 3.63) is 17.2 Å². The molecular formula is C21H34ClNO3. The number of hydrogen-bond donors (Lipinski definition) is 3. The van der Waals surface area contributed by atoms with E-state index in [0.717, 1.165) is 19.3 Å². The molecule has 0 spiro atoms. The van der Waals surface area contributed by atoms with E-state index < -0.39 is 0 Å². The topological polar surface area (TPSA) is 69.6 Å². The lowest BCUT2D eigenvalue weighted by Gasteiger charge is -2.09. The maximum absolute atomic E-state index is 11.9. The summed E-state index contributed by atoms with van der Waals surface area (Å²) in [5, 5.41) is 21.9. The number of rotatable bonds is 14. The average molecular weight is 384 g/mol. The molecule has 0 aliphatic carbocycles. The van der Waals surface area contributed by atoms with Gasteiger partial charge in [-0.1, -0.05) is 89.2 Å². The Balaban J connectivity index is 2.01. The van der Waals surface area contributed by atoms with Crippen LogP contribution in [0.25, 0.3) is 0 Å². The zero-order valence-electron chi connectivity index (χ0n) is 16.0. The number of phenolic OH excluding ortho intramolecular Hbond substituents is 2. The Kier molecular flexibility index (Phi) is 12.0. The van der Waals surface area contributed by atoms with Crippen molar-refractivity contribution in [1.82, 2.24) is 0 Å². The Morgan fingerprint density at radius 3 is 1.88 bits per heavy atom. The largest absolute Gasteiger partial charge is 0.506 e. The molecule has 1 amide bonds. The predicted octanol–water partition coefficient (Wildman–Crippen LogP) is 6.78. The van der Waals surface area contributed by atoms with Crippen molar-refractivity contribution >= 4 is 23.2 Å². The van der Waals surface area contributed by atoms with Gasteiger partial charge < -0.3 is 15.5 Å². The molecule has 0 heterocycles. The Hall–Kier alpha value is -1.42. The summed E-state index contributed by atoms with van der Waals surface area (Å²) in [7, 11) is 0. The van der Waals surface area contributed by atoms with Crippen LogP contribution in [0.5, 0.6) is 11.5 Å². The first-order chi connectivity index (χ1) is 12.5. The van der Waals surface area contributed by atoms with Crippen LogP contribution in [0.2, 0.25) is 5.02 Å². The van der Waals surface area contributed by atoms with Crippen molar-refractivity contribution in [2.75, 3.05) is 5.32 Å². The maximum atomic E-state index is 11.9. The van der Waals surface area contributed by atoms with Crippen LogP contribution in [0.4, 0.5) is 5.69 Å². The van der Waals surface area contributed by atoms with Crippen LogP contribution in [-0.4, -0.2) is 16.1 Å². The van der Waals surface area contributed by atoms with Gasteiger partial charge in [0.2, 0.25) is 5.91 Å². The van der Waals surface area contributed by atoms with Gasteiger partial charge >= 0.3 is 0 Å². The fraction of sp³-hybridized carbons (Fsp3) is 0.667. The van der Waals surface area contributed by atoms with E-state index in [1.165, 1.54) is 69.9 Å². The third-order valence-electron chi connectivity index (χ3n) is 4.60. The predicted molar refractivity (Wildman–Crippen MR) is 109 cm³/mol. The second-order valence-electron chi connectivity index (χ2n) is 7.01. The Morgan fingerprint density at radius 1 is 0.846 bits per heavy atom. The molecule has 0 saturated heterocycles. The van der Waals surface area contributed by atoms with E-state index in [0.29, 0.717) is 6.42 Å². The van der Waals surface area contributed by atoms with Crippen molar-refractivity contribution in [2.24, 2.45) is 0 Å². The quantitative estimate of drug-likeness (QED) is 0.188. The number of anilines is 1. The van der Waals surface area contributed by atoms with Crippen molar-refractivity contribution in [1.29, 1.82) is 0 Å². The molecule has 0 atom stereocenters. The summed E-state index contributed by atoms with van der Waals surface area (Å²) in [6, 6.07) is 2.48. The number of carbonyl (C=O) groups excluding carboxylic acids is 1. The van der Waals surface area contributed by atoms with E-state index in [9.17, 15) is 15.0 Å². The fourth-order valence-electron chi connectivity index (χ4n) is 2.99. The van der Waals surface area contributed by atoms with Crippen LogP contribution in [0.1, 0.15) is 90.4 Å². The second-order valence-corrected chi connectivity index (χ2v) is 7.42. The molecule has 0 aliphatic rings. The molecule has 5 heteroatoms. The van der Waals surface area contributed by atoms with E-state index in [1.807, 2.05) is 0 Å². The molecule has 0 bridgehead atoms. The average Bonchev–Trinajstić information content (AvgIpc) is 2.60. The molecule has 0 aromatic heterocycles. The highest BCUT2D eigenvalue weighted by Crippen LogP contribution is 2.34. The van der Waals surface area contributed by atoms with E-state index >= 15 is 0 Å². The number of phenols is 2. The van der Waals surface area contributed by atoms with Gasteiger partial charge in [0.1, 0.15) is 11.5 Å². The highest BCUT2D eigenvalue weighted by Gasteiger charge is 2.10. The number of nitrogens with one attached hydrogen (secondary N) is 1. The first-order valence-corrected chi connectivity index (χ1v) is 10.4. The van der Waals surface area contributed by atoms with Crippen molar-refractivity contribution in [2.45, 2.75) is 90.4 Å². The molecule has 0 saturated carbocycles. The molecule has 148 valence electrons.